The van der Waals surface area contributed by atoms with Crippen LogP contribution in [0.2, 0.25) is 0 Å². The van der Waals surface area contributed by atoms with Gasteiger partial charge in [-0.3, -0.25) is 4.79 Å². The second-order valence-corrected chi connectivity index (χ2v) is 5.20. The lowest BCUT2D eigenvalue weighted by atomic mass is 10.2. The molecule has 1 aromatic heterocycles. The summed E-state index contributed by atoms with van der Waals surface area (Å²) in [5.74, 6) is -0.0310. The van der Waals surface area contributed by atoms with Crippen LogP contribution in [0.3, 0.4) is 0 Å². The van der Waals surface area contributed by atoms with Crippen LogP contribution in [-0.2, 0) is 17.8 Å². The number of benzene rings is 1. The number of hydrogen-bond acceptors (Lipinski definition) is 1. The standard InChI is InChI=1S/C15H15BrN2O/c1-2-12-7-9-18(10-8-12)11-15(19)17-14-5-3-13(16)4-6-14/h3-10H,2,11H2,1H3/p+1. The first-order valence-corrected chi connectivity index (χ1v) is 7.00. The first kappa shape index (κ1) is 13.7. The van der Waals surface area contributed by atoms with Crippen LogP contribution in [0.25, 0.3) is 0 Å². The minimum atomic E-state index is -0.0310. The predicted molar refractivity (Wildman–Crippen MR) is 78.8 cm³/mol. The van der Waals surface area contributed by atoms with E-state index in [1.807, 2.05) is 53.4 Å². The number of aromatic nitrogens is 1. The van der Waals surface area contributed by atoms with Crippen LogP contribution >= 0.6 is 15.9 Å². The number of nitrogens with one attached hydrogen (secondary N) is 1. The summed E-state index contributed by atoms with van der Waals surface area (Å²) < 4.78 is 2.86. The Bertz CT molecular complexity index is 549. The molecule has 0 radical (unpaired) electrons. The van der Waals surface area contributed by atoms with Crippen LogP contribution in [0.15, 0.2) is 53.3 Å². The van der Waals surface area contributed by atoms with E-state index >= 15 is 0 Å². The molecular formula is C15H16BrN2O+. The van der Waals surface area contributed by atoms with Crippen LogP contribution in [0.4, 0.5) is 5.69 Å². The molecule has 2 rings (SSSR count). The van der Waals surface area contributed by atoms with E-state index in [2.05, 4.69) is 28.2 Å². The molecule has 1 N–H and O–H groups in total. The van der Waals surface area contributed by atoms with Gasteiger partial charge in [0.1, 0.15) is 0 Å². The number of halogens is 1. The molecule has 0 aliphatic carbocycles. The molecule has 0 atom stereocenters. The summed E-state index contributed by atoms with van der Waals surface area (Å²) >= 11 is 3.36. The van der Waals surface area contributed by atoms with E-state index in [1.54, 1.807) is 0 Å². The molecule has 2 aromatic rings. The largest absolute Gasteiger partial charge is 0.321 e. The third kappa shape index (κ3) is 4.17. The zero-order chi connectivity index (χ0) is 13.7. The summed E-state index contributed by atoms with van der Waals surface area (Å²) in [6.07, 6.45) is 4.87. The van der Waals surface area contributed by atoms with Crippen molar-refractivity contribution in [1.29, 1.82) is 0 Å². The lowest BCUT2D eigenvalue weighted by Crippen LogP contribution is -2.39. The van der Waals surface area contributed by atoms with Gasteiger partial charge in [-0.1, -0.05) is 22.9 Å². The lowest BCUT2D eigenvalue weighted by molar-refractivity contribution is -0.684. The maximum Gasteiger partial charge on any atom is 0.290 e. The third-order valence-electron chi connectivity index (χ3n) is 2.82. The van der Waals surface area contributed by atoms with Gasteiger partial charge in [0.2, 0.25) is 6.54 Å². The monoisotopic (exact) mass is 319 g/mol. The van der Waals surface area contributed by atoms with Gasteiger partial charge >= 0.3 is 0 Å². The van der Waals surface area contributed by atoms with Crippen LogP contribution in [-0.4, -0.2) is 5.91 Å². The highest BCUT2D eigenvalue weighted by molar-refractivity contribution is 9.10. The lowest BCUT2D eigenvalue weighted by Gasteiger charge is -2.03. The van der Waals surface area contributed by atoms with Gasteiger partial charge in [-0.25, -0.2) is 0 Å². The first-order chi connectivity index (χ1) is 9.17. The van der Waals surface area contributed by atoms with Gasteiger partial charge in [-0.05, 0) is 36.2 Å². The quantitative estimate of drug-likeness (QED) is 0.863. The highest BCUT2D eigenvalue weighted by Crippen LogP contribution is 2.13. The number of aryl methyl sites for hydroxylation is 1. The normalized spacial score (nSPS) is 10.2. The molecule has 1 amide bonds. The van der Waals surface area contributed by atoms with Crippen molar-refractivity contribution in [2.24, 2.45) is 0 Å². The predicted octanol–water partition coefficient (Wildman–Crippen LogP) is 2.94. The smallest absolute Gasteiger partial charge is 0.290 e. The van der Waals surface area contributed by atoms with Crippen molar-refractivity contribution < 1.29 is 9.36 Å². The van der Waals surface area contributed by atoms with Crippen molar-refractivity contribution in [2.75, 3.05) is 5.32 Å². The molecule has 3 nitrogen and oxygen atoms in total. The Morgan fingerprint density at radius 1 is 1.16 bits per heavy atom. The Kier molecular flexibility index (Phi) is 4.68. The van der Waals surface area contributed by atoms with E-state index in [9.17, 15) is 4.79 Å². The van der Waals surface area contributed by atoms with Crippen molar-refractivity contribution >= 4 is 27.5 Å². The number of pyridine rings is 1. The number of nitrogens with zero attached hydrogens (tertiary/aromatic N) is 1. The molecule has 0 aliphatic heterocycles. The minimum absolute atomic E-state index is 0.0310. The molecular weight excluding hydrogens is 304 g/mol. The number of hydrogen-bond donors (Lipinski definition) is 1. The van der Waals surface area contributed by atoms with E-state index in [1.165, 1.54) is 5.56 Å². The van der Waals surface area contributed by atoms with Crippen molar-refractivity contribution in [3.8, 4) is 0 Å². The van der Waals surface area contributed by atoms with Crippen molar-refractivity contribution in [1.82, 2.24) is 0 Å². The second kappa shape index (κ2) is 6.48. The number of rotatable bonds is 4. The maximum absolute atomic E-state index is 11.9. The number of anilines is 1. The van der Waals surface area contributed by atoms with Crippen LogP contribution in [0.1, 0.15) is 12.5 Å². The van der Waals surface area contributed by atoms with Gasteiger partial charge in [0.25, 0.3) is 5.91 Å². The third-order valence-corrected chi connectivity index (χ3v) is 3.35. The number of carbonyl (C=O) groups is 1. The molecule has 1 heterocycles. The summed E-state index contributed by atoms with van der Waals surface area (Å²) in [5.41, 5.74) is 2.07. The first-order valence-electron chi connectivity index (χ1n) is 6.21. The SMILES string of the molecule is CCc1cc[n+](CC(=O)Nc2ccc(Br)cc2)cc1. The van der Waals surface area contributed by atoms with Gasteiger partial charge in [0, 0.05) is 22.3 Å². The molecule has 1 aromatic carbocycles. The zero-order valence-electron chi connectivity index (χ0n) is 10.8. The van der Waals surface area contributed by atoms with Crippen molar-refractivity contribution in [3.63, 3.8) is 0 Å². The summed E-state index contributed by atoms with van der Waals surface area (Å²) in [6, 6.07) is 11.6. The molecule has 0 saturated heterocycles. The fourth-order valence-electron chi connectivity index (χ4n) is 1.73. The Morgan fingerprint density at radius 3 is 2.37 bits per heavy atom. The average molecular weight is 320 g/mol. The minimum Gasteiger partial charge on any atom is -0.321 e. The van der Waals surface area contributed by atoms with E-state index in [0.717, 1.165) is 16.6 Å². The van der Waals surface area contributed by atoms with Crippen LogP contribution in [0, 0.1) is 0 Å². The van der Waals surface area contributed by atoms with Crippen LogP contribution in [0.5, 0.6) is 0 Å². The molecule has 4 heteroatoms. The maximum atomic E-state index is 11.9. The number of amides is 1. The van der Waals surface area contributed by atoms with Gasteiger partial charge < -0.3 is 5.32 Å². The Hall–Kier alpha value is -1.68. The molecule has 19 heavy (non-hydrogen) atoms. The molecule has 0 aliphatic rings. The Labute approximate surface area is 121 Å². The topological polar surface area (TPSA) is 33.0 Å². The molecule has 0 bridgehead atoms. The van der Waals surface area contributed by atoms with Gasteiger partial charge in [0.15, 0.2) is 12.4 Å². The summed E-state index contributed by atoms with van der Waals surface area (Å²) in [4.78, 5) is 11.9. The van der Waals surface area contributed by atoms with E-state index in [4.69, 9.17) is 0 Å². The second-order valence-electron chi connectivity index (χ2n) is 4.29. The highest BCUT2D eigenvalue weighted by atomic mass is 79.9. The van der Waals surface area contributed by atoms with Gasteiger partial charge in [-0.15, -0.1) is 0 Å². The molecule has 0 spiro atoms. The van der Waals surface area contributed by atoms with Crippen molar-refractivity contribution in [2.45, 2.75) is 19.9 Å². The highest BCUT2D eigenvalue weighted by Gasteiger charge is 2.09. The number of carbonyl (C=O) groups excluding carboxylic acids is 1. The van der Waals surface area contributed by atoms with E-state index < -0.39 is 0 Å². The van der Waals surface area contributed by atoms with Gasteiger partial charge in [-0.2, -0.15) is 4.57 Å². The zero-order valence-corrected chi connectivity index (χ0v) is 12.4. The van der Waals surface area contributed by atoms with Crippen LogP contribution < -0.4 is 9.88 Å². The summed E-state index contributed by atoms with van der Waals surface area (Å²) in [7, 11) is 0. The fourth-order valence-corrected chi connectivity index (χ4v) is 1.99. The van der Waals surface area contributed by atoms with E-state index in [0.29, 0.717) is 6.54 Å². The summed E-state index contributed by atoms with van der Waals surface area (Å²) in [6.45, 7) is 2.43. The Morgan fingerprint density at radius 2 is 1.79 bits per heavy atom. The molecule has 98 valence electrons. The van der Waals surface area contributed by atoms with E-state index in [-0.39, 0.29) is 5.91 Å². The molecule has 0 saturated carbocycles. The summed E-state index contributed by atoms with van der Waals surface area (Å²) in [5, 5.41) is 2.87. The molecule has 0 unspecified atom stereocenters. The van der Waals surface area contributed by atoms with Gasteiger partial charge in [0.05, 0.1) is 0 Å². The van der Waals surface area contributed by atoms with Crippen molar-refractivity contribution in [3.05, 3.63) is 58.8 Å². The Balaban J connectivity index is 1.95. The average Bonchev–Trinajstić information content (AvgIpc) is 2.42. The fraction of sp³-hybridized carbons (Fsp3) is 0.200. The molecule has 0 fully saturated rings.